The van der Waals surface area contributed by atoms with E-state index in [1.54, 1.807) is 0 Å². The van der Waals surface area contributed by atoms with Gasteiger partial charge >= 0.3 is 12.0 Å². The Morgan fingerprint density at radius 2 is 1.84 bits per heavy atom. The molecule has 0 heterocycles. The molecule has 1 unspecified atom stereocenters. The van der Waals surface area contributed by atoms with Crippen LogP contribution < -0.4 is 10.6 Å². The molecule has 3 N–H and O–H groups in total. The van der Waals surface area contributed by atoms with Gasteiger partial charge in [-0.25, -0.2) is 13.6 Å². The fourth-order valence-corrected chi connectivity index (χ4v) is 1.39. The molecule has 5 nitrogen and oxygen atoms in total. The number of carboxylic acids is 1. The van der Waals surface area contributed by atoms with Gasteiger partial charge in [-0.1, -0.05) is 0 Å². The lowest BCUT2D eigenvalue weighted by atomic mass is 10.1. The number of urea groups is 1. The molecule has 2 amide bonds. The summed E-state index contributed by atoms with van der Waals surface area (Å²) in [5, 5.41) is 13.2. The van der Waals surface area contributed by atoms with Gasteiger partial charge in [0.1, 0.15) is 17.7 Å². The summed E-state index contributed by atoms with van der Waals surface area (Å²) in [6.45, 7) is 1.46. The lowest BCUT2D eigenvalue weighted by Gasteiger charge is -2.10. The van der Waals surface area contributed by atoms with Crippen molar-refractivity contribution >= 4 is 12.0 Å². The van der Waals surface area contributed by atoms with Crippen LogP contribution in [-0.2, 0) is 11.2 Å². The van der Waals surface area contributed by atoms with Crippen molar-refractivity contribution in [3.63, 3.8) is 0 Å². The van der Waals surface area contributed by atoms with Crippen LogP contribution in [0.3, 0.4) is 0 Å². The fourth-order valence-electron chi connectivity index (χ4n) is 1.39. The normalized spacial score (nSPS) is 11.7. The summed E-state index contributed by atoms with van der Waals surface area (Å²) in [7, 11) is 0. The van der Waals surface area contributed by atoms with Crippen molar-refractivity contribution < 1.29 is 23.5 Å². The van der Waals surface area contributed by atoms with Crippen LogP contribution in [0, 0.1) is 11.6 Å². The van der Waals surface area contributed by atoms with Crippen LogP contribution in [0.5, 0.6) is 0 Å². The van der Waals surface area contributed by atoms with E-state index in [1.807, 2.05) is 0 Å². The molecule has 0 aliphatic heterocycles. The van der Waals surface area contributed by atoms with E-state index in [0.29, 0.717) is 5.56 Å². The number of benzene rings is 1. The third-order valence-corrected chi connectivity index (χ3v) is 2.34. The minimum atomic E-state index is -1.15. The zero-order chi connectivity index (χ0) is 14.4. The molecule has 104 valence electrons. The molecule has 0 bridgehead atoms. The zero-order valence-corrected chi connectivity index (χ0v) is 10.2. The second-order valence-electron chi connectivity index (χ2n) is 3.99. The SMILES string of the molecule is CC(NC(=O)NCCc1cc(F)cc(F)c1)C(=O)O. The number of carboxylic acid groups (broad SMARTS) is 1. The highest BCUT2D eigenvalue weighted by atomic mass is 19.1. The van der Waals surface area contributed by atoms with Crippen molar-refractivity contribution in [1.29, 1.82) is 0 Å². The lowest BCUT2D eigenvalue weighted by Crippen LogP contribution is -2.44. The first kappa shape index (κ1) is 14.9. The van der Waals surface area contributed by atoms with E-state index in [9.17, 15) is 18.4 Å². The van der Waals surface area contributed by atoms with Gasteiger partial charge in [0, 0.05) is 12.6 Å². The van der Waals surface area contributed by atoms with Crippen molar-refractivity contribution in [2.24, 2.45) is 0 Å². The first-order valence-electron chi connectivity index (χ1n) is 5.60. The lowest BCUT2D eigenvalue weighted by molar-refractivity contribution is -0.138. The Balaban J connectivity index is 2.37. The van der Waals surface area contributed by atoms with Crippen LogP contribution in [0.2, 0.25) is 0 Å². The van der Waals surface area contributed by atoms with Gasteiger partial charge < -0.3 is 15.7 Å². The second kappa shape index (κ2) is 6.67. The van der Waals surface area contributed by atoms with Crippen molar-refractivity contribution in [1.82, 2.24) is 10.6 Å². The van der Waals surface area contributed by atoms with Crippen LogP contribution in [0.25, 0.3) is 0 Å². The van der Waals surface area contributed by atoms with Crippen molar-refractivity contribution in [2.45, 2.75) is 19.4 Å². The van der Waals surface area contributed by atoms with E-state index in [4.69, 9.17) is 5.11 Å². The Hall–Kier alpha value is -2.18. The molecule has 7 heteroatoms. The van der Waals surface area contributed by atoms with E-state index < -0.39 is 29.7 Å². The van der Waals surface area contributed by atoms with Crippen LogP contribution in [0.1, 0.15) is 12.5 Å². The number of carbonyl (C=O) groups excluding carboxylic acids is 1. The maximum Gasteiger partial charge on any atom is 0.325 e. The van der Waals surface area contributed by atoms with Gasteiger partial charge in [-0.3, -0.25) is 4.79 Å². The maximum atomic E-state index is 12.9. The Morgan fingerprint density at radius 1 is 1.26 bits per heavy atom. The highest BCUT2D eigenvalue weighted by molar-refractivity contribution is 5.82. The summed E-state index contributed by atoms with van der Waals surface area (Å²) in [4.78, 5) is 21.7. The van der Waals surface area contributed by atoms with Crippen LogP contribution in [0.15, 0.2) is 18.2 Å². The Morgan fingerprint density at radius 3 is 2.37 bits per heavy atom. The van der Waals surface area contributed by atoms with Gasteiger partial charge in [0.05, 0.1) is 0 Å². The fraction of sp³-hybridized carbons (Fsp3) is 0.333. The molecule has 19 heavy (non-hydrogen) atoms. The van der Waals surface area contributed by atoms with Gasteiger partial charge in [0.25, 0.3) is 0 Å². The van der Waals surface area contributed by atoms with E-state index in [2.05, 4.69) is 10.6 Å². The molecule has 0 fully saturated rings. The van der Waals surface area contributed by atoms with E-state index in [0.717, 1.165) is 6.07 Å². The number of rotatable bonds is 5. The van der Waals surface area contributed by atoms with Crippen LogP contribution in [0.4, 0.5) is 13.6 Å². The van der Waals surface area contributed by atoms with Gasteiger partial charge in [0.15, 0.2) is 0 Å². The topological polar surface area (TPSA) is 78.4 Å². The molecule has 0 aliphatic rings. The van der Waals surface area contributed by atoms with Crippen molar-refractivity contribution in [3.05, 3.63) is 35.4 Å². The van der Waals surface area contributed by atoms with Crippen molar-refractivity contribution in [3.8, 4) is 0 Å². The van der Waals surface area contributed by atoms with E-state index >= 15 is 0 Å². The molecule has 1 aromatic rings. The number of hydrogen-bond donors (Lipinski definition) is 3. The highest BCUT2D eigenvalue weighted by Gasteiger charge is 2.13. The third kappa shape index (κ3) is 5.33. The summed E-state index contributed by atoms with van der Waals surface area (Å²) in [6, 6.07) is 1.45. The minimum absolute atomic E-state index is 0.140. The minimum Gasteiger partial charge on any atom is -0.480 e. The molecule has 0 saturated carbocycles. The average Bonchev–Trinajstić information content (AvgIpc) is 2.27. The summed E-state index contributed by atoms with van der Waals surface area (Å²) < 4.78 is 25.7. The van der Waals surface area contributed by atoms with E-state index in [-0.39, 0.29) is 13.0 Å². The molecule has 0 aliphatic carbocycles. The molecule has 0 aromatic heterocycles. The van der Waals surface area contributed by atoms with Gasteiger partial charge in [-0.05, 0) is 31.0 Å². The molecular formula is C12H14F2N2O3. The summed E-state index contributed by atoms with van der Waals surface area (Å²) in [5.41, 5.74) is 0.407. The number of amides is 2. The van der Waals surface area contributed by atoms with Gasteiger partial charge in [-0.15, -0.1) is 0 Å². The highest BCUT2D eigenvalue weighted by Crippen LogP contribution is 2.07. The Kier molecular flexibility index (Phi) is 5.23. The molecule has 0 radical (unpaired) electrons. The predicted octanol–water partition coefficient (Wildman–Crippen LogP) is 1.28. The zero-order valence-electron chi connectivity index (χ0n) is 10.2. The Bertz CT molecular complexity index is 460. The van der Waals surface area contributed by atoms with Gasteiger partial charge in [0.2, 0.25) is 0 Å². The van der Waals surface area contributed by atoms with Gasteiger partial charge in [-0.2, -0.15) is 0 Å². The summed E-state index contributed by atoms with van der Waals surface area (Å²) >= 11 is 0. The maximum absolute atomic E-state index is 12.9. The molecule has 1 rings (SSSR count). The summed E-state index contributed by atoms with van der Waals surface area (Å²) in [5.74, 6) is -2.51. The van der Waals surface area contributed by atoms with Crippen molar-refractivity contribution in [2.75, 3.05) is 6.54 Å². The predicted molar refractivity (Wildman–Crippen MR) is 63.7 cm³/mol. The Labute approximate surface area is 108 Å². The number of carbonyl (C=O) groups is 2. The number of nitrogens with one attached hydrogen (secondary N) is 2. The number of halogens is 2. The van der Waals surface area contributed by atoms with E-state index in [1.165, 1.54) is 19.1 Å². The largest absolute Gasteiger partial charge is 0.480 e. The quantitative estimate of drug-likeness (QED) is 0.755. The first-order valence-corrected chi connectivity index (χ1v) is 5.60. The molecular weight excluding hydrogens is 258 g/mol. The van der Waals surface area contributed by atoms with Crippen LogP contribution in [-0.4, -0.2) is 29.7 Å². The third-order valence-electron chi connectivity index (χ3n) is 2.34. The standard InChI is InChI=1S/C12H14F2N2O3/c1-7(11(17)18)16-12(19)15-3-2-8-4-9(13)6-10(14)5-8/h4-7H,2-3H2,1H3,(H,17,18)(H2,15,16,19). The first-order chi connectivity index (χ1) is 8.88. The summed E-state index contributed by atoms with van der Waals surface area (Å²) in [6.07, 6.45) is 0.240. The second-order valence-corrected chi connectivity index (χ2v) is 3.99. The molecule has 0 saturated heterocycles. The molecule has 0 spiro atoms. The molecule has 1 aromatic carbocycles. The molecule has 1 atom stereocenters. The average molecular weight is 272 g/mol. The smallest absolute Gasteiger partial charge is 0.325 e. The number of aliphatic carboxylic acids is 1. The van der Waals surface area contributed by atoms with Crippen LogP contribution >= 0.6 is 0 Å². The number of hydrogen-bond acceptors (Lipinski definition) is 2. The monoisotopic (exact) mass is 272 g/mol.